The van der Waals surface area contributed by atoms with E-state index in [0.717, 1.165) is 29.5 Å². The van der Waals surface area contributed by atoms with Gasteiger partial charge in [-0.05, 0) is 29.7 Å². The third-order valence-electron chi connectivity index (χ3n) is 5.40. The molecule has 30 heavy (non-hydrogen) atoms. The average molecular weight is 404 g/mol. The molecule has 1 aliphatic rings. The van der Waals surface area contributed by atoms with Crippen LogP contribution in [0.3, 0.4) is 0 Å². The van der Waals surface area contributed by atoms with Gasteiger partial charge in [-0.2, -0.15) is 0 Å². The Kier molecular flexibility index (Phi) is 5.84. The molecule has 1 heterocycles. The number of anilines is 1. The number of carbonyl (C=O) groups is 2. The van der Waals surface area contributed by atoms with Crippen LogP contribution in [0.15, 0.2) is 66.7 Å². The SMILES string of the molecule is COc1ccc(C(=O)OCC(=O)N2CCN(c3ccccc3)CC2)c2ccccc12. The molecule has 3 aromatic rings. The molecule has 1 amide bonds. The number of fused-ring (bicyclic) bond motifs is 1. The van der Waals surface area contributed by atoms with Crippen LogP contribution in [-0.2, 0) is 9.53 Å². The van der Waals surface area contributed by atoms with E-state index < -0.39 is 5.97 Å². The maximum atomic E-state index is 12.6. The molecule has 0 aliphatic carbocycles. The molecule has 4 rings (SSSR count). The Balaban J connectivity index is 1.36. The molecule has 6 heteroatoms. The summed E-state index contributed by atoms with van der Waals surface area (Å²) < 4.78 is 10.7. The zero-order valence-electron chi connectivity index (χ0n) is 16.9. The van der Waals surface area contributed by atoms with Gasteiger partial charge in [-0.3, -0.25) is 4.79 Å². The van der Waals surface area contributed by atoms with Gasteiger partial charge >= 0.3 is 5.97 Å². The van der Waals surface area contributed by atoms with E-state index in [9.17, 15) is 9.59 Å². The van der Waals surface area contributed by atoms with E-state index in [1.165, 1.54) is 0 Å². The first-order valence-electron chi connectivity index (χ1n) is 9.98. The number of piperazine rings is 1. The summed E-state index contributed by atoms with van der Waals surface area (Å²) in [5, 5.41) is 1.57. The smallest absolute Gasteiger partial charge is 0.339 e. The van der Waals surface area contributed by atoms with Crippen LogP contribution in [0.2, 0.25) is 0 Å². The van der Waals surface area contributed by atoms with Crippen LogP contribution in [-0.4, -0.2) is 56.7 Å². The van der Waals surface area contributed by atoms with E-state index in [-0.39, 0.29) is 12.5 Å². The van der Waals surface area contributed by atoms with Crippen molar-refractivity contribution in [2.75, 3.05) is 44.8 Å². The highest BCUT2D eigenvalue weighted by molar-refractivity contribution is 6.06. The first-order valence-corrected chi connectivity index (χ1v) is 9.98. The number of rotatable bonds is 5. The molecule has 0 saturated carbocycles. The van der Waals surface area contributed by atoms with Crippen LogP contribution in [0.4, 0.5) is 5.69 Å². The number of benzene rings is 3. The zero-order valence-corrected chi connectivity index (χ0v) is 16.9. The first kappa shape index (κ1) is 19.8. The van der Waals surface area contributed by atoms with Crippen molar-refractivity contribution in [1.82, 2.24) is 4.90 Å². The number of para-hydroxylation sites is 1. The number of esters is 1. The maximum Gasteiger partial charge on any atom is 0.339 e. The van der Waals surface area contributed by atoms with E-state index in [0.29, 0.717) is 24.4 Å². The van der Waals surface area contributed by atoms with Crippen molar-refractivity contribution in [3.05, 3.63) is 72.3 Å². The van der Waals surface area contributed by atoms with Gasteiger partial charge in [-0.25, -0.2) is 4.79 Å². The highest BCUT2D eigenvalue weighted by Crippen LogP contribution is 2.28. The molecule has 0 unspecified atom stereocenters. The summed E-state index contributed by atoms with van der Waals surface area (Å²) in [6.45, 7) is 2.47. The lowest BCUT2D eigenvalue weighted by Gasteiger charge is -2.36. The number of methoxy groups -OCH3 is 1. The maximum absolute atomic E-state index is 12.6. The van der Waals surface area contributed by atoms with Crippen LogP contribution >= 0.6 is 0 Å². The molecular weight excluding hydrogens is 380 g/mol. The number of hydrogen-bond acceptors (Lipinski definition) is 5. The zero-order chi connectivity index (χ0) is 20.9. The Labute approximate surface area is 175 Å². The van der Waals surface area contributed by atoms with Crippen LogP contribution < -0.4 is 9.64 Å². The molecule has 3 aromatic carbocycles. The standard InChI is InChI=1S/C24H24N2O4/c1-29-22-12-11-21(19-9-5-6-10-20(19)22)24(28)30-17-23(27)26-15-13-25(14-16-26)18-7-3-2-4-8-18/h2-12H,13-17H2,1H3. The van der Waals surface area contributed by atoms with Gasteiger partial charge in [-0.1, -0.05) is 42.5 Å². The van der Waals surface area contributed by atoms with E-state index in [1.807, 2.05) is 42.5 Å². The van der Waals surface area contributed by atoms with E-state index >= 15 is 0 Å². The minimum absolute atomic E-state index is 0.172. The first-order chi connectivity index (χ1) is 14.7. The van der Waals surface area contributed by atoms with Crippen molar-refractivity contribution in [3.8, 4) is 5.75 Å². The van der Waals surface area contributed by atoms with Crippen molar-refractivity contribution < 1.29 is 19.1 Å². The molecule has 0 spiro atoms. The second-order valence-corrected chi connectivity index (χ2v) is 7.14. The van der Waals surface area contributed by atoms with Gasteiger partial charge in [0, 0.05) is 37.3 Å². The van der Waals surface area contributed by atoms with Crippen LogP contribution in [0.5, 0.6) is 5.75 Å². The average Bonchev–Trinajstić information content (AvgIpc) is 2.82. The van der Waals surface area contributed by atoms with Gasteiger partial charge in [-0.15, -0.1) is 0 Å². The second-order valence-electron chi connectivity index (χ2n) is 7.14. The lowest BCUT2D eigenvalue weighted by molar-refractivity contribution is -0.134. The summed E-state index contributed by atoms with van der Waals surface area (Å²) in [5.41, 5.74) is 1.58. The Morgan fingerprint density at radius 2 is 1.50 bits per heavy atom. The number of carbonyl (C=O) groups excluding carboxylic acids is 2. The normalized spacial score (nSPS) is 13.9. The molecule has 1 fully saturated rings. The minimum Gasteiger partial charge on any atom is -0.496 e. The summed E-state index contributed by atoms with van der Waals surface area (Å²) in [6.07, 6.45) is 0. The minimum atomic E-state index is -0.509. The summed E-state index contributed by atoms with van der Waals surface area (Å²) in [6, 6.07) is 21.0. The monoisotopic (exact) mass is 404 g/mol. The Morgan fingerprint density at radius 1 is 0.833 bits per heavy atom. The van der Waals surface area contributed by atoms with Gasteiger partial charge in [0.05, 0.1) is 12.7 Å². The third-order valence-corrected chi connectivity index (χ3v) is 5.40. The van der Waals surface area contributed by atoms with Crippen molar-refractivity contribution >= 4 is 28.3 Å². The van der Waals surface area contributed by atoms with Gasteiger partial charge in [0.1, 0.15) is 5.75 Å². The molecule has 154 valence electrons. The quantitative estimate of drug-likeness (QED) is 0.611. The molecule has 1 aliphatic heterocycles. The Bertz CT molecular complexity index is 1040. The molecule has 0 aromatic heterocycles. The van der Waals surface area contributed by atoms with Gasteiger partial charge < -0.3 is 19.3 Å². The summed E-state index contributed by atoms with van der Waals surface area (Å²) >= 11 is 0. The lowest BCUT2D eigenvalue weighted by Crippen LogP contribution is -2.49. The molecule has 1 saturated heterocycles. The fourth-order valence-corrected chi connectivity index (χ4v) is 3.78. The molecule has 0 atom stereocenters. The van der Waals surface area contributed by atoms with Crippen molar-refractivity contribution in [2.24, 2.45) is 0 Å². The molecule has 0 N–H and O–H groups in total. The van der Waals surface area contributed by atoms with Crippen LogP contribution in [0, 0.1) is 0 Å². The molecule has 6 nitrogen and oxygen atoms in total. The fraction of sp³-hybridized carbons (Fsp3) is 0.250. The predicted molar refractivity (Wildman–Crippen MR) is 116 cm³/mol. The molecular formula is C24H24N2O4. The number of ether oxygens (including phenoxy) is 2. The highest BCUT2D eigenvalue weighted by atomic mass is 16.5. The number of nitrogens with zero attached hydrogens (tertiary/aromatic N) is 2. The van der Waals surface area contributed by atoms with E-state index in [1.54, 1.807) is 24.1 Å². The second kappa shape index (κ2) is 8.86. The van der Waals surface area contributed by atoms with Crippen molar-refractivity contribution in [2.45, 2.75) is 0 Å². The number of hydrogen-bond donors (Lipinski definition) is 0. The topological polar surface area (TPSA) is 59.1 Å². The lowest BCUT2D eigenvalue weighted by atomic mass is 10.0. The fourth-order valence-electron chi connectivity index (χ4n) is 3.78. The summed E-state index contributed by atoms with van der Waals surface area (Å²) in [5.74, 6) is 0.00789. The molecule has 0 radical (unpaired) electrons. The van der Waals surface area contributed by atoms with E-state index in [2.05, 4.69) is 17.0 Å². The highest BCUT2D eigenvalue weighted by Gasteiger charge is 2.23. The molecule has 0 bridgehead atoms. The largest absolute Gasteiger partial charge is 0.496 e. The summed E-state index contributed by atoms with van der Waals surface area (Å²) in [4.78, 5) is 29.2. The van der Waals surface area contributed by atoms with Gasteiger partial charge in [0.25, 0.3) is 5.91 Å². The van der Waals surface area contributed by atoms with Crippen molar-refractivity contribution in [3.63, 3.8) is 0 Å². The number of amides is 1. The van der Waals surface area contributed by atoms with Crippen LogP contribution in [0.25, 0.3) is 10.8 Å². The summed E-state index contributed by atoms with van der Waals surface area (Å²) in [7, 11) is 1.59. The van der Waals surface area contributed by atoms with E-state index in [4.69, 9.17) is 9.47 Å². The van der Waals surface area contributed by atoms with Crippen molar-refractivity contribution in [1.29, 1.82) is 0 Å². The predicted octanol–water partition coefficient (Wildman–Crippen LogP) is 3.35. The Hall–Kier alpha value is -3.54. The van der Waals surface area contributed by atoms with Gasteiger partial charge in [0.2, 0.25) is 0 Å². The van der Waals surface area contributed by atoms with Crippen LogP contribution in [0.1, 0.15) is 10.4 Å². The Morgan fingerprint density at radius 3 is 2.20 bits per heavy atom. The third kappa shape index (κ3) is 4.08. The van der Waals surface area contributed by atoms with Gasteiger partial charge in [0.15, 0.2) is 6.61 Å².